The number of halogens is 1. The topological polar surface area (TPSA) is 34.1 Å². The van der Waals surface area contributed by atoms with Crippen molar-refractivity contribution < 1.29 is 45.1 Å². The van der Waals surface area contributed by atoms with Crippen molar-refractivity contribution in [3.63, 3.8) is 0 Å². The number of rotatable bonds is 3. The summed E-state index contributed by atoms with van der Waals surface area (Å²) in [6.07, 6.45) is -0.655. The number of ketones is 1. The summed E-state index contributed by atoms with van der Waals surface area (Å²) >= 11 is 0. The smallest absolute Gasteiger partial charge is 0.541 e. The second kappa shape index (κ2) is 13.0. The van der Waals surface area contributed by atoms with Crippen LogP contribution in [-0.2, 0) is 9.59 Å². The van der Waals surface area contributed by atoms with Crippen molar-refractivity contribution in [1.29, 1.82) is 0 Å². The van der Waals surface area contributed by atoms with Crippen LogP contribution in [0.3, 0.4) is 0 Å². The van der Waals surface area contributed by atoms with E-state index < -0.39 is 18.4 Å². The van der Waals surface area contributed by atoms with Crippen LogP contribution in [0.4, 0.5) is 4.39 Å². The molecule has 1 unspecified atom stereocenters. The summed E-state index contributed by atoms with van der Waals surface area (Å²) in [4.78, 5) is 19.5. The van der Waals surface area contributed by atoms with Gasteiger partial charge >= 0.3 is 31.1 Å². The van der Waals surface area contributed by atoms with Gasteiger partial charge in [-0.3, -0.25) is 11.1 Å². The zero-order valence-electron chi connectivity index (χ0n) is 6.69. The molecule has 0 rings (SSSR count). The maximum absolute atomic E-state index is 11.8. The summed E-state index contributed by atoms with van der Waals surface area (Å²) in [6.45, 7) is 6.10. The van der Waals surface area contributed by atoms with Gasteiger partial charge in [0.1, 0.15) is 5.78 Å². The van der Waals surface area contributed by atoms with Crippen LogP contribution in [0.5, 0.6) is 0 Å². The molecule has 11 heavy (non-hydrogen) atoms. The molecule has 0 saturated heterocycles. The van der Waals surface area contributed by atoms with Gasteiger partial charge in [-0.25, -0.2) is 4.39 Å². The number of carbonyl (C=O) groups is 1. The van der Waals surface area contributed by atoms with Crippen molar-refractivity contribution in [3.05, 3.63) is 6.92 Å². The molecule has 0 fully saturated rings. The van der Waals surface area contributed by atoms with Crippen molar-refractivity contribution >= 4 is 12.1 Å². The molecule has 0 aliphatic carbocycles. The van der Waals surface area contributed by atoms with Crippen molar-refractivity contribution in [2.75, 3.05) is 0 Å². The third-order valence-electron chi connectivity index (χ3n) is 0.690. The number of alkyl halides is 1. The first-order valence-electron chi connectivity index (χ1n) is 2.91. The quantitative estimate of drug-likeness (QED) is 0.543. The minimum atomic E-state index is -1.53. The second-order valence-corrected chi connectivity index (χ2v) is 1.40. The van der Waals surface area contributed by atoms with E-state index in [4.69, 9.17) is 0 Å². The van der Waals surface area contributed by atoms with Gasteiger partial charge in [-0.1, -0.05) is 6.42 Å². The van der Waals surface area contributed by atoms with E-state index in [-0.39, 0.29) is 31.1 Å². The second-order valence-electron chi connectivity index (χ2n) is 1.40. The fraction of sp³-hybridized carbons (Fsp3) is 0.571. The average Bonchev–Trinajstić information content (AvgIpc) is 1.93. The zero-order valence-corrected chi connectivity index (χ0v) is 10.8. The van der Waals surface area contributed by atoms with E-state index in [9.17, 15) is 14.0 Å². The minimum absolute atomic E-state index is 0. The van der Waals surface area contributed by atoms with Gasteiger partial charge in [-0.05, 0) is 6.92 Å². The average molecular weight is 384 g/mol. The van der Waals surface area contributed by atoms with Crippen molar-refractivity contribution in [2.45, 2.75) is 26.4 Å². The fourth-order valence-electron chi connectivity index (χ4n) is 0.212. The predicted octanol–water partition coefficient (Wildman–Crippen LogP) is 1.25. The molecule has 2 nitrogen and oxygen atoms in total. The van der Waals surface area contributed by atoms with E-state index in [1.165, 1.54) is 6.29 Å². The summed E-state index contributed by atoms with van der Waals surface area (Å²) in [5, 5.41) is 0. The largest absolute Gasteiger partial charge is 2.00 e. The molecule has 0 bridgehead atoms. The summed E-state index contributed by atoms with van der Waals surface area (Å²) in [5.74, 6) is -0.708. The molecule has 4 heteroatoms. The number of carbonyl (C=O) groups excluding carboxylic acids is 2. The number of hydrogen-bond acceptors (Lipinski definition) is 2. The molecule has 0 aromatic heterocycles. The molecule has 0 radical (unpaired) electrons. The van der Waals surface area contributed by atoms with Crippen LogP contribution in [0.25, 0.3) is 0 Å². The third kappa shape index (κ3) is 13.3. The Hall–Kier alpha value is 0.322. The van der Waals surface area contributed by atoms with Gasteiger partial charge in [0.25, 0.3) is 0 Å². The number of hydrogen-bond donors (Lipinski definition) is 0. The van der Waals surface area contributed by atoms with Gasteiger partial charge in [-0.15, -0.1) is 0 Å². The molecular weight excluding hydrogens is 373 g/mol. The van der Waals surface area contributed by atoms with E-state index in [2.05, 4.69) is 6.92 Å². The molecule has 0 spiro atoms. The summed E-state index contributed by atoms with van der Waals surface area (Å²) in [7, 11) is 0. The fourth-order valence-corrected chi connectivity index (χ4v) is 0.212. The molecule has 62 valence electrons. The van der Waals surface area contributed by atoms with Crippen LogP contribution in [0, 0.1) is 38.0 Å². The van der Waals surface area contributed by atoms with Crippen LogP contribution in [-0.4, -0.2) is 18.2 Å². The van der Waals surface area contributed by atoms with Crippen LogP contribution in [0.2, 0.25) is 0 Å². The minimum Gasteiger partial charge on any atom is -0.541 e. The summed E-state index contributed by atoms with van der Waals surface area (Å²) in [6, 6.07) is 0. The standard InChI is InChI=1S/C5H6FO2.C2H5.U/c1-4(6)5(8)2-3-7;1-2;/h4H,2H2,1H3;1H2,2H3;/q2*-1;+2. The van der Waals surface area contributed by atoms with Gasteiger partial charge in [0.2, 0.25) is 0 Å². The Bertz CT molecular complexity index is 105. The SMILES string of the molecule is CC(F)C(=O)C[C-]=O.[CH2-]C.[U+2]. The van der Waals surface area contributed by atoms with Gasteiger partial charge in [0.15, 0.2) is 6.17 Å². The van der Waals surface area contributed by atoms with E-state index >= 15 is 0 Å². The van der Waals surface area contributed by atoms with E-state index in [1.807, 2.05) is 0 Å². The molecular formula is C7H11FO2U. The maximum Gasteiger partial charge on any atom is 2.00 e. The van der Waals surface area contributed by atoms with E-state index in [0.29, 0.717) is 0 Å². The molecule has 0 aliphatic rings. The van der Waals surface area contributed by atoms with Gasteiger partial charge < -0.3 is 11.7 Å². The Morgan fingerprint density at radius 3 is 2.09 bits per heavy atom. The van der Waals surface area contributed by atoms with Crippen LogP contribution < -0.4 is 0 Å². The van der Waals surface area contributed by atoms with E-state index in [1.54, 1.807) is 6.92 Å². The Labute approximate surface area is 90.3 Å². The first-order valence-corrected chi connectivity index (χ1v) is 2.91. The van der Waals surface area contributed by atoms with Gasteiger partial charge in [-0.2, -0.15) is 6.92 Å². The first-order chi connectivity index (χ1) is 4.68. The molecule has 0 saturated carbocycles. The Morgan fingerprint density at radius 2 is 2.00 bits per heavy atom. The predicted molar refractivity (Wildman–Crippen MR) is 36.9 cm³/mol. The van der Waals surface area contributed by atoms with Crippen LogP contribution in [0.15, 0.2) is 0 Å². The maximum atomic E-state index is 11.8. The van der Waals surface area contributed by atoms with Crippen LogP contribution >= 0.6 is 0 Å². The third-order valence-corrected chi connectivity index (χ3v) is 0.690. The summed E-state index contributed by atoms with van der Waals surface area (Å²) in [5.41, 5.74) is 0. The van der Waals surface area contributed by atoms with E-state index in [0.717, 1.165) is 6.92 Å². The molecule has 0 aliphatic heterocycles. The van der Waals surface area contributed by atoms with Crippen molar-refractivity contribution in [3.8, 4) is 0 Å². The summed E-state index contributed by atoms with van der Waals surface area (Å²) < 4.78 is 11.8. The number of Topliss-reactive ketones (excluding diaryl/α,β-unsaturated/α-hetero) is 1. The van der Waals surface area contributed by atoms with Gasteiger partial charge in [0, 0.05) is 0 Å². The van der Waals surface area contributed by atoms with Crippen molar-refractivity contribution in [2.24, 2.45) is 0 Å². The van der Waals surface area contributed by atoms with Crippen molar-refractivity contribution in [1.82, 2.24) is 0 Å². The molecule has 0 amide bonds. The molecule has 0 N–H and O–H groups in total. The normalized spacial score (nSPS) is 9.82. The molecule has 0 heterocycles. The molecule has 1 atom stereocenters. The van der Waals surface area contributed by atoms with Crippen LogP contribution in [0.1, 0.15) is 20.3 Å². The van der Waals surface area contributed by atoms with Gasteiger partial charge in [0.05, 0.1) is 0 Å². The zero-order chi connectivity index (χ0) is 8.57. The first kappa shape index (κ1) is 17.4. The Morgan fingerprint density at radius 1 is 1.64 bits per heavy atom. The monoisotopic (exact) mass is 384 g/mol. The molecule has 0 aromatic carbocycles. The Balaban J connectivity index is -0.000000196. The Kier molecular flexibility index (Phi) is 20.5. The molecule has 0 aromatic rings.